The summed E-state index contributed by atoms with van der Waals surface area (Å²) in [5, 5.41) is 6.78. The van der Waals surface area contributed by atoms with Gasteiger partial charge in [0.15, 0.2) is 11.5 Å². The van der Waals surface area contributed by atoms with Gasteiger partial charge in [-0.2, -0.15) is 0 Å². The van der Waals surface area contributed by atoms with Gasteiger partial charge in [0, 0.05) is 51.0 Å². The third-order valence-electron chi connectivity index (χ3n) is 3.34. The third kappa shape index (κ3) is 2.68. The quantitative estimate of drug-likeness (QED) is 0.824. The van der Waals surface area contributed by atoms with Crippen LogP contribution in [0.2, 0.25) is 0 Å². The Labute approximate surface area is 107 Å². The summed E-state index contributed by atoms with van der Waals surface area (Å²) in [6.45, 7) is 6.86. The molecule has 0 spiro atoms. The molecule has 0 atom stereocenters. The zero-order valence-corrected chi connectivity index (χ0v) is 10.4. The van der Waals surface area contributed by atoms with Crippen LogP contribution in [-0.2, 0) is 0 Å². The van der Waals surface area contributed by atoms with Gasteiger partial charge < -0.3 is 20.1 Å². The molecular formula is C13H19N3O2. The summed E-state index contributed by atoms with van der Waals surface area (Å²) in [5.41, 5.74) is 1.09. The number of nitrogens with zero attached hydrogens (tertiary/aromatic N) is 1. The molecule has 2 aliphatic rings. The Morgan fingerprint density at radius 2 is 2.00 bits per heavy atom. The Morgan fingerprint density at radius 1 is 1.17 bits per heavy atom. The first-order valence-corrected chi connectivity index (χ1v) is 6.48. The third-order valence-corrected chi connectivity index (χ3v) is 3.34. The van der Waals surface area contributed by atoms with E-state index in [2.05, 4.69) is 15.5 Å². The van der Waals surface area contributed by atoms with Crippen molar-refractivity contribution in [3.63, 3.8) is 0 Å². The van der Waals surface area contributed by atoms with Gasteiger partial charge in [-0.3, -0.25) is 4.90 Å². The fraction of sp³-hybridized carbons (Fsp3) is 0.538. The summed E-state index contributed by atoms with van der Waals surface area (Å²) in [6, 6.07) is 5.99. The van der Waals surface area contributed by atoms with Crippen molar-refractivity contribution in [1.82, 2.24) is 10.2 Å². The molecule has 5 nitrogen and oxygen atoms in total. The SMILES string of the molecule is c1cc2c(cc1NCCN1CCNCC1)OCO2. The number of ether oxygens (including phenoxy) is 2. The smallest absolute Gasteiger partial charge is 0.231 e. The Kier molecular flexibility index (Phi) is 3.52. The molecule has 98 valence electrons. The summed E-state index contributed by atoms with van der Waals surface area (Å²) in [5.74, 6) is 1.67. The Bertz CT molecular complexity index is 405. The minimum Gasteiger partial charge on any atom is -0.454 e. The topological polar surface area (TPSA) is 45.8 Å². The fourth-order valence-electron chi connectivity index (χ4n) is 2.30. The van der Waals surface area contributed by atoms with Crippen LogP contribution in [0.4, 0.5) is 5.69 Å². The van der Waals surface area contributed by atoms with Crippen LogP contribution in [0.25, 0.3) is 0 Å². The van der Waals surface area contributed by atoms with Gasteiger partial charge in [-0.1, -0.05) is 0 Å². The lowest BCUT2D eigenvalue weighted by atomic mass is 10.2. The second-order valence-electron chi connectivity index (χ2n) is 4.59. The summed E-state index contributed by atoms with van der Waals surface area (Å²) in [7, 11) is 0. The largest absolute Gasteiger partial charge is 0.454 e. The Hall–Kier alpha value is -1.46. The summed E-state index contributed by atoms with van der Waals surface area (Å²) in [4.78, 5) is 2.47. The van der Waals surface area contributed by atoms with E-state index < -0.39 is 0 Å². The monoisotopic (exact) mass is 249 g/mol. The van der Waals surface area contributed by atoms with Crippen molar-refractivity contribution in [3.05, 3.63) is 18.2 Å². The minimum atomic E-state index is 0.333. The molecule has 3 rings (SSSR count). The Morgan fingerprint density at radius 3 is 2.89 bits per heavy atom. The molecule has 0 unspecified atom stereocenters. The number of piperazine rings is 1. The first-order chi connectivity index (χ1) is 8.92. The standard InChI is InChI=1S/C13H19N3O2/c1-2-12-13(18-10-17-12)9-11(1)15-5-8-16-6-3-14-4-7-16/h1-2,9,14-15H,3-8,10H2. The van der Waals surface area contributed by atoms with Crippen LogP contribution in [0.5, 0.6) is 11.5 Å². The van der Waals surface area contributed by atoms with Crippen LogP contribution in [0.1, 0.15) is 0 Å². The van der Waals surface area contributed by atoms with Crippen LogP contribution in [0.15, 0.2) is 18.2 Å². The molecule has 1 saturated heterocycles. The van der Waals surface area contributed by atoms with Gasteiger partial charge in [0.1, 0.15) is 0 Å². The summed E-state index contributed by atoms with van der Waals surface area (Å²) in [6.07, 6.45) is 0. The highest BCUT2D eigenvalue weighted by Crippen LogP contribution is 2.34. The highest BCUT2D eigenvalue weighted by atomic mass is 16.7. The second kappa shape index (κ2) is 5.46. The number of nitrogens with one attached hydrogen (secondary N) is 2. The van der Waals surface area contributed by atoms with Crippen molar-refractivity contribution in [2.45, 2.75) is 0 Å². The summed E-state index contributed by atoms with van der Waals surface area (Å²) < 4.78 is 10.6. The predicted octanol–water partition coefficient (Wildman–Crippen LogP) is 0.732. The van der Waals surface area contributed by atoms with Crippen molar-refractivity contribution >= 4 is 5.69 Å². The molecular weight excluding hydrogens is 230 g/mol. The van der Waals surface area contributed by atoms with Gasteiger partial charge in [0.2, 0.25) is 6.79 Å². The van der Waals surface area contributed by atoms with E-state index in [9.17, 15) is 0 Å². The van der Waals surface area contributed by atoms with Crippen molar-refractivity contribution in [3.8, 4) is 11.5 Å². The van der Waals surface area contributed by atoms with Crippen molar-refractivity contribution < 1.29 is 9.47 Å². The first kappa shape index (κ1) is 11.6. The molecule has 5 heteroatoms. The molecule has 1 aromatic carbocycles. The molecule has 1 fully saturated rings. The second-order valence-corrected chi connectivity index (χ2v) is 4.59. The molecule has 2 aliphatic heterocycles. The molecule has 18 heavy (non-hydrogen) atoms. The Balaban J connectivity index is 1.48. The normalized spacial score (nSPS) is 18.9. The van der Waals surface area contributed by atoms with E-state index in [0.717, 1.165) is 56.5 Å². The zero-order chi connectivity index (χ0) is 12.2. The van der Waals surface area contributed by atoms with Crippen LogP contribution in [0, 0.1) is 0 Å². The molecule has 0 bridgehead atoms. The lowest BCUT2D eigenvalue weighted by molar-refractivity contribution is 0.174. The number of fused-ring (bicyclic) bond motifs is 1. The number of benzene rings is 1. The molecule has 0 amide bonds. The lowest BCUT2D eigenvalue weighted by Gasteiger charge is -2.27. The average molecular weight is 249 g/mol. The van der Waals surface area contributed by atoms with E-state index >= 15 is 0 Å². The van der Waals surface area contributed by atoms with Crippen molar-refractivity contribution in [2.24, 2.45) is 0 Å². The number of rotatable bonds is 4. The fourth-order valence-corrected chi connectivity index (χ4v) is 2.30. The number of anilines is 1. The van der Waals surface area contributed by atoms with Crippen LogP contribution in [0.3, 0.4) is 0 Å². The maximum absolute atomic E-state index is 5.35. The highest BCUT2D eigenvalue weighted by molar-refractivity contribution is 5.55. The van der Waals surface area contributed by atoms with Crippen molar-refractivity contribution in [1.29, 1.82) is 0 Å². The number of hydrogen-bond acceptors (Lipinski definition) is 5. The molecule has 2 heterocycles. The molecule has 0 radical (unpaired) electrons. The van der Waals surface area contributed by atoms with E-state index in [1.165, 1.54) is 0 Å². The highest BCUT2D eigenvalue weighted by Gasteiger charge is 2.13. The van der Waals surface area contributed by atoms with Gasteiger partial charge in [0.05, 0.1) is 0 Å². The maximum atomic E-state index is 5.35. The minimum absolute atomic E-state index is 0.333. The molecule has 0 aromatic heterocycles. The molecule has 0 aliphatic carbocycles. The van der Waals surface area contributed by atoms with Gasteiger partial charge in [-0.15, -0.1) is 0 Å². The molecule has 1 aromatic rings. The van der Waals surface area contributed by atoms with Crippen LogP contribution >= 0.6 is 0 Å². The average Bonchev–Trinajstić information content (AvgIpc) is 2.87. The van der Waals surface area contributed by atoms with Gasteiger partial charge in [0.25, 0.3) is 0 Å². The van der Waals surface area contributed by atoms with E-state index in [1.807, 2.05) is 18.2 Å². The number of hydrogen-bond donors (Lipinski definition) is 2. The van der Waals surface area contributed by atoms with Crippen molar-refractivity contribution in [2.75, 3.05) is 51.4 Å². The predicted molar refractivity (Wildman–Crippen MR) is 70.4 cm³/mol. The van der Waals surface area contributed by atoms with E-state index in [-0.39, 0.29) is 0 Å². The molecule has 0 saturated carbocycles. The van der Waals surface area contributed by atoms with E-state index in [4.69, 9.17) is 9.47 Å². The van der Waals surface area contributed by atoms with Gasteiger partial charge in [-0.05, 0) is 12.1 Å². The zero-order valence-electron chi connectivity index (χ0n) is 10.4. The van der Waals surface area contributed by atoms with Gasteiger partial charge in [-0.25, -0.2) is 0 Å². The van der Waals surface area contributed by atoms with Crippen LogP contribution < -0.4 is 20.1 Å². The maximum Gasteiger partial charge on any atom is 0.231 e. The van der Waals surface area contributed by atoms with E-state index in [1.54, 1.807) is 0 Å². The van der Waals surface area contributed by atoms with Gasteiger partial charge >= 0.3 is 0 Å². The van der Waals surface area contributed by atoms with Crippen LogP contribution in [-0.4, -0.2) is 51.0 Å². The first-order valence-electron chi connectivity index (χ1n) is 6.48. The summed E-state index contributed by atoms with van der Waals surface area (Å²) >= 11 is 0. The molecule has 2 N–H and O–H groups in total. The lowest BCUT2D eigenvalue weighted by Crippen LogP contribution is -2.45. The van der Waals surface area contributed by atoms with E-state index in [0.29, 0.717) is 6.79 Å².